The van der Waals surface area contributed by atoms with Crippen LogP contribution in [0.4, 0.5) is 35.1 Å². The average molecular weight is 418 g/mol. The van der Waals surface area contributed by atoms with Gasteiger partial charge in [0.25, 0.3) is 0 Å². The molecule has 0 aromatic heterocycles. The van der Waals surface area contributed by atoms with Crippen molar-refractivity contribution >= 4 is 5.97 Å². The van der Waals surface area contributed by atoms with Gasteiger partial charge < -0.3 is 9.47 Å². The zero-order chi connectivity index (χ0) is 21.6. The number of carbonyl (C=O) groups excluding carboxylic acids is 1. The van der Waals surface area contributed by atoms with Gasteiger partial charge in [0.2, 0.25) is 11.6 Å². The predicted octanol–water partition coefficient (Wildman–Crippen LogP) is 4.98. The lowest BCUT2D eigenvalue weighted by Gasteiger charge is -2.11. The molecular formula is C17H14F8O3. The fraction of sp³-hybridized carbons (Fsp3) is 0.471. The molecule has 2 atom stereocenters. The van der Waals surface area contributed by atoms with Crippen molar-refractivity contribution in [3.05, 3.63) is 40.7 Å². The lowest BCUT2D eigenvalue weighted by molar-refractivity contribution is -0.147. The van der Waals surface area contributed by atoms with Crippen molar-refractivity contribution in [2.45, 2.75) is 26.6 Å². The molecule has 3 nitrogen and oxygen atoms in total. The molecule has 0 saturated heterocycles. The van der Waals surface area contributed by atoms with E-state index in [1.54, 1.807) is 0 Å². The fourth-order valence-electron chi connectivity index (χ4n) is 2.89. The molecule has 1 aromatic rings. The largest absolute Gasteiger partial charge is 0.491 e. The lowest BCUT2D eigenvalue weighted by Crippen LogP contribution is -2.14. The smallest absolute Gasteiger partial charge is 0.442 e. The van der Waals surface area contributed by atoms with Crippen LogP contribution < -0.4 is 4.74 Å². The minimum absolute atomic E-state index is 0.222. The molecule has 0 aliphatic heterocycles. The first-order chi connectivity index (χ1) is 12.7. The second-order valence-electron chi connectivity index (χ2n) is 6.71. The molecule has 0 N–H and O–H groups in total. The van der Waals surface area contributed by atoms with E-state index in [4.69, 9.17) is 0 Å². The maximum Gasteiger partial charge on any atom is 0.442 e. The van der Waals surface area contributed by atoms with Gasteiger partial charge in [0.1, 0.15) is 6.61 Å². The molecule has 2 unspecified atom stereocenters. The summed E-state index contributed by atoms with van der Waals surface area (Å²) in [6, 6.07) is 0. The number of allylic oxidation sites excluding steroid dienone is 2. The topological polar surface area (TPSA) is 35.5 Å². The number of rotatable bonds is 5. The van der Waals surface area contributed by atoms with Crippen molar-refractivity contribution in [2.75, 3.05) is 7.11 Å². The average Bonchev–Trinajstić information content (AvgIpc) is 3.13. The Morgan fingerprint density at radius 1 is 1.07 bits per heavy atom. The van der Waals surface area contributed by atoms with Gasteiger partial charge in [-0.05, 0) is 17.4 Å². The van der Waals surface area contributed by atoms with E-state index in [-0.39, 0.29) is 6.08 Å². The molecule has 0 amide bonds. The molecule has 2 rings (SSSR count). The van der Waals surface area contributed by atoms with Crippen LogP contribution in [0.2, 0.25) is 0 Å². The van der Waals surface area contributed by atoms with Crippen molar-refractivity contribution in [2.24, 2.45) is 17.3 Å². The first-order valence-electron chi connectivity index (χ1n) is 7.75. The number of ether oxygens (including phenoxy) is 2. The third-order valence-electron chi connectivity index (χ3n) is 4.64. The van der Waals surface area contributed by atoms with Crippen molar-refractivity contribution in [1.29, 1.82) is 0 Å². The number of hydrogen-bond donors (Lipinski definition) is 0. The number of methoxy groups -OCH3 is 1. The van der Waals surface area contributed by atoms with E-state index in [1.165, 1.54) is 13.8 Å². The Hall–Kier alpha value is -2.33. The Morgan fingerprint density at radius 2 is 1.57 bits per heavy atom. The molecule has 1 saturated carbocycles. The molecule has 0 heterocycles. The summed E-state index contributed by atoms with van der Waals surface area (Å²) in [7, 11) is 0.781. The maximum absolute atomic E-state index is 13.9. The highest BCUT2D eigenvalue weighted by Gasteiger charge is 2.62. The van der Waals surface area contributed by atoms with Crippen LogP contribution >= 0.6 is 0 Å². The third kappa shape index (κ3) is 3.79. The van der Waals surface area contributed by atoms with Crippen LogP contribution in [0, 0.1) is 40.5 Å². The second kappa shape index (κ2) is 7.25. The minimum Gasteiger partial charge on any atom is -0.491 e. The summed E-state index contributed by atoms with van der Waals surface area (Å²) >= 11 is 0. The van der Waals surface area contributed by atoms with Gasteiger partial charge in [-0.1, -0.05) is 13.8 Å². The summed E-state index contributed by atoms with van der Waals surface area (Å²) in [4.78, 5) is 12.0. The Labute approximate surface area is 153 Å². The Balaban J connectivity index is 2.18. The first kappa shape index (κ1) is 22.0. The van der Waals surface area contributed by atoms with Crippen molar-refractivity contribution in [1.82, 2.24) is 0 Å². The molecular weight excluding hydrogens is 404 g/mol. The van der Waals surface area contributed by atoms with E-state index in [2.05, 4.69) is 9.47 Å². The number of benzene rings is 1. The molecule has 1 aromatic carbocycles. The molecule has 0 bridgehead atoms. The van der Waals surface area contributed by atoms with Gasteiger partial charge >= 0.3 is 12.1 Å². The molecule has 1 fully saturated rings. The van der Waals surface area contributed by atoms with Gasteiger partial charge in [-0.3, -0.25) is 4.79 Å². The van der Waals surface area contributed by atoms with E-state index in [1.807, 2.05) is 0 Å². The summed E-state index contributed by atoms with van der Waals surface area (Å²) in [6.45, 7) is 1.49. The van der Waals surface area contributed by atoms with Crippen molar-refractivity contribution in [3.8, 4) is 5.75 Å². The molecule has 11 heteroatoms. The number of hydrogen-bond acceptors (Lipinski definition) is 3. The second-order valence-corrected chi connectivity index (χ2v) is 6.71. The summed E-state index contributed by atoms with van der Waals surface area (Å²) in [6.07, 6.45) is -5.00. The third-order valence-corrected chi connectivity index (χ3v) is 4.64. The van der Waals surface area contributed by atoms with Crippen molar-refractivity contribution in [3.63, 3.8) is 0 Å². The zero-order valence-electron chi connectivity index (χ0n) is 14.7. The Kier molecular flexibility index (Phi) is 5.69. The maximum atomic E-state index is 13.9. The van der Waals surface area contributed by atoms with Gasteiger partial charge in [-0.2, -0.15) is 22.0 Å². The molecule has 0 radical (unpaired) electrons. The number of halogens is 8. The lowest BCUT2D eigenvalue weighted by atomic mass is 10.1. The van der Waals surface area contributed by atoms with Crippen LogP contribution in [0.25, 0.3) is 0 Å². The first-order valence-corrected chi connectivity index (χ1v) is 7.75. The standard InChI is InChI=1S/C17H14F8O3/c1-16(2)7(4-8(18)17(23,24)25)9(16)15(26)28-5-6-10(19)12(21)14(27-3)13(22)11(6)20/h4,7,9H,5H2,1-3H3. The number of alkyl halides is 3. The van der Waals surface area contributed by atoms with Gasteiger partial charge in [0.15, 0.2) is 23.2 Å². The SMILES string of the molecule is COc1c(F)c(F)c(COC(=O)C2C(C=C(F)C(F)(F)F)C2(C)C)c(F)c1F. The summed E-state index contributed by atoms with van der Waals surface area (Å²) < 4.78 is 114. The van der Waals surface area contributed by atoms with E-state index in [0.29, 0.717) is 0 Å². The molecule has 28 heavy (non-hydrogen) atoms. The van der Waals surface area contributed by atoms with Crippen molar-refractivity contribution < 1.29 is 49.4 Å². The summed E-state index contributed by atoms with van der Waals surface area (Å²) in [5, 5.41) is 0. The summed E-state index contributed by atoms with van der Waals surface area (Å²) in [5.74, 6) is -14.7. The fourth-order valence-corrected chi connectivity index (χ4v) is 2.89. The molecule has 0 spiro atoms. The predicted molar refractivity (Wildman–Crippen MR) is 78.6 cm³/mol. The zero-order valence-corrected chi connectivity index (χ0v) is 14.7. The molecule has 1 aliphatic rings. The van der Waals surface area contributed by atoms with Gasteiger partial charge in [0.05, 0.1) is 18.6 Å². The van der Waals surface area contributed by atoms with E-state index >= 15 is 0 Å². The van der Waals surface area contributed by atoms with E-state index in [9.17, 15) is 39.9 Å². The monoisotopic (exact) mass is 418 g/mol. The van der Waals surface area contributed by atoms with E-state index in [0.717, 1.165) is 7.11 Å². The highest BCUT2D eigenvalue weighted by atomic mass is 19.4. The highest BCUT2D eigenvalue weighted by Crippen LogP contribution is 2.60. The number of carbonyl (C=O) groups is 1. The molecule has 1 aliphatic carbocycles. The van der Waals surface area contributed by atoms with Gasteiger partial charge in [0, 0.05) is 0 Å². The van der Waals surface area contributed by atoms with Crippen LogP contribution in [0.5, 0.6) is 5.75 Å². The quantitative estimate of drug-likeness (QED) is 0.384. The highest BCUT2D eigenvalue weighted by molar-refractivity contribution is 5.78. The molecule has 156 valence electrons. The van der Waals surface area contributed by atoms with E-state index < -0.39 is 76.4 Å². The van der Waals surface area contributed by atoms with Gasteiger partial charge in [-0.15, -0.1) is 0 Å². The van der Waals surface area contributed by atoms with Gasteiger partial charge in [-0.25, -0.2) is 13.2 Å². The van der Waals surface area contributed by atoms with Crippen LogP contribution in [0.3, 0.4) is 0 Å². The summed E-state index contributed by atoms with van der Waals surface area (Å²) in [5.41, 5.74) is -2.36. The van der Waals surface area contributed by atoms with Crippen LogP contribution in [-0.2, 0) is 16.1 Å². The normalized spacial score (nSPS) is 21.5. The van der Waals surface area contributed by atoms with Crippen LogP contribution in [0.1, 0.15) is 19.4 Å². The Morgan fingerprint density at radius 3 is 2.00 bits per heavy atom. The van der Waals surface area contributed by atoms with Crippen LogP contribution in [-0.4, -0.2) is 19.3 Å². The Bertz CT molecular complexity index is 800. The van der Waals surface area contributed by atoms with Crippen LogP contribution in [0.15, 0.2) is 11.9 Å². The number of esters is 1. The minimum atomic E-state index is -5.22.